The molecule has 25 heavy (non-hydrogen) atoms. The van der Waals surface area contributed by atoms with Gasteiger partial charge in [-0.05, 0) is 37.3 Å². The van der Waals surface area contributed by atoms with Crippen LogP contribution in [0.2, 0.25) is 5.02 Å². The summed E-state index contributed by atoms with van der Waals surface area (Å²) in [4.78, 5) is 19.4. The number of carbonyl (C=O) groups is 1. The normalized spacial score (nSPS) is 16.4. The summed E-state index contributed by atoms with van der Waals surface area (Å²) in [6, 6.07) is 15.0. The summed E-state index contributed by atoms with van der Waals surface area (Å²) < 4.78 is 5.37. The van der Waals surface area contributed by atoms with Gasteiger partial charge in [-0.15, -0.1) is 0 Å². The number of hydrogen-bond donors (Lipinski definition) is 0. The maximum atomic E-state index is 13.1. The number of thioether (sulfide) groups is 1. The number of aliphatic imine (C=N–C) groups is 1. The van der Waals surface area contributed by atoms with Gasteiger partial charge in [-0.3, -0.25) is 14.7 Å². The van der Waals surface area contributed by atoms with Gasteiger partial charge in [0.1, 0.15) is 5.75 Å². The summed E-state index contributed by atoms with van der Waals surface area (Å²) in [5.74, 6) is 1.54. The minimum atomic E-state index is -0.0489. The summed E-state index contributed by atoms with van der Waals surface area (Å²) >= 11 is 7.59. The molecule has 0 N–H and O–H groups in total. The number of methoxy groups -OCH3 is 1. The minimum Gasteiger partial charge on any atom is -0.496 e. The monoisotopic (exact) mass is 374 g/mol. The second kappa shape index (κ2) is 7.93. The molecular formula is C19H19ClN2O2S. The standard InChI is InChI=1S/C19H19ClN2O2S/c1-13-12-25-19(21-13)22(16-9-7-15(20)8-10-16)18(23)11-14-5-3-4-6-17(14)24-2/h3-10,13H,11-12H2,1-2H3/t13-/m1/s1. The van der Waals surface area contributed by atoms with E-state index in [-0.39, 0.29) is 18.4 Å². The number of ether oxygens (including phenoxy) is 1. The van der Waals surface area contributed by atoms with Crippen LogP contribution in [0.15, 0.2) is 53.5 Å². The van der Waals surface area contributed by atoms with Crippen molar-refractivity contribution in [2.75, 3.05) is 17.8 Å². The number of anilines is 1. The van der Waals surface area contributed by atoms with Crippen molar-refractivity contribution in [3.63, 3.8) is 0 Å². The average Bonchev–Trinajstić information content (AvgIpc) is 3.03. The zero-order chi connectivity index (χ0) is 17.8. The lowest BCUT2D eigenvalue weighted by Gasteiger charge is -2.22. The average molecular weight is 375 g/mol. The Balaban J connectivity index is 1.92. The lowest BCUT2D eigenvalue weighted by atomic mass is 10.1. The summed E-state index contributed by atoms with van der Waals surface area (Å²) in [5.41, 5.74) is 1.62. The Morgan fingerprint density at radius 1 is 1.28 bits per heavy atom. The van der Waals surface area contributed by atoms with Crippen molar-refractivity contribution in [1.82, 2.24) is 0 Å². The van der Waals surface area contributed by atoms with Gasteiger partial charge in [0.05, 0.1) is 25.3 Å². The Kier molecular flexibility index (Phi) is 5.66. The van der Waals surface area contributed by atoms with E-state index in [1.54, 1.807) is 35.9 Å². The smallest absolute Gasteiger partial charge is 0.237 e. The third kappa shape index (κ3) is 4.17. The van der Waals surface area contributed by atoms with Crippen molar-refractivity contribution >= 4 is 40.1 Å². The maximum Gasteiger partial charge on any atom is 0.237 e. The minimum absolute atomic E-state index is 0.0489. The van der Waals surface area contributed by atoms with E-state index in [2.05, 4.69) is 4.99 Å². The van der Waals surface area contributed by atoms with Crippen LogP contribution in [0.25, 0.3) is 0 Å². The molecule has 1 aliphatic heterocycles. The zero-order valence-electron chi connectivity index (χ0n) is 14.1. The number of amidine groups is 1. The van der Waals surface area contributed by atoms with Crippen molar-refractivity contribution in [2.45, 2.75) is 19.4 Å². The fourth-order valence-electron chi connectivity index (χ4n) is 2.62. The number of benzene rings is 2. The quantitative estimate of drug-likeness (QED) is 0.795. The van der Waals surface area contributed by atoms with E-state index < -0.39 is 0 Å². The second-order valence-corrected chi connectivity index (χ2v) is 7.19. The Hall–Kier alpha value is -1.98. The van der Waals surface area contributed by atoms with Crippen LogP contribution in [0, 0.1) is 0 Å². The summed E-state index contributed by atoms with van der Waals surface area (Å²) in [6.45, 7) is 2.05. The van der Waals surface area contributed by atoms with Gasteiger partial charge in [-0.1, -0.05) is 41.6 Å². The van der Waals surface area contributed by atoms with Gasteiger partial charge in [0.2, 0.25) is 5.91 Å². The molecule has 130 valence electrons. The molecule has 4 nitrogen and oxygen atoms in total. The highest BCUT2D eigenvalue weighted by Crippen LogP contribution is 2.28. The van der Waals surface area contributed by atoms with Crippen molar-refractivity contribution in [1.29, 1.82) is 0 Å². The predicted octanol–water partition coefficient (Wildman–Crippen LogP) is 4.42. The van der Waals surface area contributed by atoms with Gasteiger partial charge >= 0.3 is 0 Å². The van der Waals surface area contributed by atoms with Crippen LogP contribution in [0.1, 0.15) is 12.5 Å². The molecule has 0 unspecified atom stereocenters. The van der Waals surface area contributed by atoms with Crippen LogP contribution >= 0.6 is 23.4 Å². The SMILES string of the molecule is COc1ccccc1CC(=O)N(C1=N[C@H](C)CS1)c1ccc(Cl)cc1. The molecule has 1 amide bonds. The second-order valence-electron chi connectivity index (χ2n) is 5.77. The van der Waals surface area contributed by atoms with Crippen LogP contribution in [0.4, 0.5) is 5.69 Å². The number of carbonyl (C=O) groups excluding carboxylic acids is 1. The third-order valence-corrected chi connectivity index (χ3v) is 5.29. The number of nitrogens with zero attached hydrogens (tertiary/aromatic N) is 2. The van der Waals surface area contributed by atoms with Crippen LogP contribution in [-0.4, -0.2) is 30.0 Å². The first-order valence-corrected chi connectivity index (χ1v) is 9.36. The highest BCUT2D eigenvalue weighted by Gasteiger charge is 2.27. The van der Waals surface area contributed by atoms with E-state index >= 15 is 0 Å². The van der Waals surface area contributed by atoms with Crippen molar-refractivity contribution in [3.05, 3.63) is 59.1 Å². The van der Waals surface area contributed by atoms with E-state index in [0.717, 1.165) is 22.2 Å². The van der Waals surface area contributed by atoms with Crippen molar-refractivity contribution < 1.29 is 9.53 Å². The van der Waals surface area contributed by atoms with E-state index in [9.17, 15) is 4.79 Å². The summed E-state index contributed by atoms with van der Waals surface area (Å²) in [6.07, 6.45) is 0.237. The summed E-state index contributed by atoms with van der Waals surface area (Å²) in [5, 5.41) is 1.37. The molecule has 1 heterocycles. The Morgan fingerprint density at radius 3 is 2.64 bits per heavy atom. The molecule has 0 bridgehead atoms. The molecule has 1 atom stereocenters. The van der Waals surface area contributed by atoms with Crippen LogP contribution in [0.5, 0.6) is 5.75 Å². The highest BCUT2D eigenvalue weighted by molar-refractivity contribution is 8.14. The lowest BCUT2D eigenvalue weighted by molar-refractivity contribution is -0.117. The molecule has 0 fully saturated rings. The van der Waals surface area contributed by atoms with Crippen molar-refractivity contribution in [2.24, 2.45) is 4.99 Å². The van der Waals surface area contributed by atoms with Crippen LogP contribution in [0.3, 0.4) is 0 Å². The van der Waals surface area contributed by atoms with Gasteiger partial charge in [-0.2, -0.15) is 0 Å². The first kappa shape index (κ1) is 17.8. The molecular weight excluding hydrogens is 356 g/mol. The number of hydrogen-bond acceptors (Lipinski definition) is 4. The molecule has 6 heteroatoms. The van der Waals surface area contributed by atoms with E-state index in [1.165, 1.54) is 0 Å². The number of rotatable bonds is 4. The zero-order valence-corrected chi connectivity index (χ0v) is 15.7. The van der Waals surface area contributed by atoms with E-state index in [4.69, 9.17) is 16.3 Å². The van der Waals surface area contributed by atoms with Gasteiger partial charge in [0.15, 0.2) is 5.17 Å². The molecule has 0 radical (unpaired) electrons. The molecule has 0 aliphatic carbocycles. The van der Waals surface area contributed by atoms with Gasteiger partial charge < -0.3 is 4.74 Å². The van der Waals surface area contributed by atoms with E-state index in [1.807, 2.05) is 43.3 Å². The molecule has 0 aromatic heterocycles. The lowest BCUT2D eigenvalue weighted by Crippen LogP contribution is -2.36. The molecule has 1 aliphatic rings. The first-order valence-electron chi connectivity index (χ1n) is 7.99. The Morgan fingerprint density at radius 2 is 2.00 bits per heavy atom. The number of para-hydroxylation sites is 1. The first-order chi connectivity index (χ1) is 12.1. The Bertz CT molecular complexity index is 792. The van der Waals surface area contributed by atoms with Crippen molar-refractivity contribution in [3.8, 4) is 5.75 Å². The summed E-state index contributed by atoms with van der Waals surface area (Å²) in [7, 11) is 1.61. The fraction of sp³-hybridized carbons (Fsp3) is 0.263. The van der Waals surface area contributed by atoms with E-state index in [0.29, 0.717) is 10.8 Å². The third-order valence-electron chi connectivity index (χ3n) is 3.84. The van der Waals surface area contributed by atoms with Crippen LogP contribution in [-0.2, 0) is 11.2 Å². The molecule has 0 saturated carbocycles. The maximum absolute atomic E-state index is 13.1. The fourth-order valence-corrected chi connectivity index (χ4v) is 3.80. The molecule has 0 saturated heterocycles. The molecule has 2 aromatic rings. The van der Waals surface area contributed by atoms with Gasteiger partial charge in [0, 0.05) is 16.3 Å². The molecule has 2 aromatic carbocycles. The molecule has 0 spiro atoms. The van der Waals surface area contributed by atoms with Gasteiger partial charge in [0.25, 0.3) is 0 Å². The van der Waals surface area contributed by atoms with Crippen LogP contribution < -0.4 is 9.64 Å². The van der Waals surface area contributed by atoms with Gasteiger partial charge in [-0.25, -0.2) is 0 Å². The largest absolute Gasteiger partial charge is 0.496 e. The topological polar surface area (TPSA) is 41.9 Å². The molecule has 3 rings (SSSR count). The Labute approximate surface area is 156 Å². The number of halogens is 1. The predicted molar refractivity (Wildman–Crippen MR) is 105 cm³/mol. The number of amides is 1. The highest BCUT2D eigenvalue weighted by atomic mass is 35.5.